The topological polar surface area (TPSA) is 40.5 Å². The second-order valence-electron chi connectivity index (χ2n) is 6.16. The summed E-state index contributed by atoms with van der Waals surface area (Å²) in [5, 5.41) is 19.0. The minimum atomic E-state index is 0.329. The Labute approximate surface area is 143 Å². The van der Waals surface area contributed by atoms with Gasteiger partial charge in [-0.25, -0.2) is 0 Å². The fourth-order valence-corrected chi connectivity index (χ4v) is 2.87. The van der Waals surface area contributed by atoms with Crippen molar-refractivity contribution in [2.45, 2.75) is 25.7 Å². The maximum Gasteiger partial charge on any atom is 0.115 e. The van der Waals surface area contributed by atoms with E-state index in [1.165, 1.54) is 11.1 Å². The van der Waals surface area contributed by atoms with Crippen molar-refractivity contribution in [1.29, 1.82) is 0 Å². The van der Waals surface area contributed by atoms with Crippen molar-refractivity contribution in [2.24, 2.45) is 0 Å². The number of aryl methyl sites for hydroxylation is 4. The zero-order valence-corrected chi connectivity index (χ0v) is 13.7. The Hall–Kier alpha value is -2.74. The fourth-order valence-electron chi connectivity index (χ4n) is 2.87. The average Bonchev–Trinajstić information content (AvgIpc) is 2.59. The molecule has 0 amide bonds. The Kier molecular flexibility index (Phi) is 5.17. The van der Waals surface area contributed by atoms with Crippen molar-refractivity contribution in [2.75, 3.05) is 0 Å². The third-order valence-corrected chi connectivity index (χ3v) is 4.25. The maximum absolute atomic E-state index is 9.50. The van der Waals surface area contributed by atoms with Crippen molar-refractivity contribution in [3.63, 3.8) is 0 Å². The molecule has 0 bridgehead atoms. The Morgan fingerprint density at radius 1 is 0.458 bits per heavy atom. The van der Waals surface area contributed by atoms with Crippen LogP contribution in [-0.2, 0) is 25.7 Å². The van der Waals surface area contributed by atoms with Crippen LogP contribution in [-0.4, -0.2) is 10.2 Å². The zero-order valence-electron chi connectivity index (χ0n) is 13.7. The van der Waals surface area contributed by atoms with E-state index in [1.807, 2.05) is 36.4 Å². The van der Waals surface area contributed by atoms with Gasteiger partial charge in [0.25, 0.3) is 0 Å². The van der Waals surface area contributed by atoms with Gasteiger partial charge in [-0.1, -0.05) is 48.5 Å². The van der Waals surface area contributed by atoms with Gasteiger partial charge in [-0.15, -0.1) is 0 Å². The molecule has 0 aliphatic heterocycles. The van der Waals surface area contributed by atoms with E-state index in [4.69, 9.17) is 0 Å². The monoisotopic (exact) mass is 318 g/mol. The second-order valence-corrected chi connectivity index (χ2v) is 6.16. The van der Waals surface area contributed by atoms with E-state index in [0.29, 0.717) is 11.5 Å². The molecule has 0 aromatic heterocycles. The van der Waals surface area contributed by atoms with E-state index in [-0.39, 0.29) is 0 Å². The molecule has 0 spiro atoms. The quantitative estimate of drug-likeness (QED) is 0.693. The predicted molar refractivity (Wildman–Crippen MR) is 97.5 cm³/mol. The van der Waals surface area contributed by atoms with E-state index in [2.05, 4.69) is 24.3 Å². The Morgan fingerprint density at radius 3 is 1.21 bits per heavy atom. The largest absolute Gasteiger partial charge is 0.508 e. The van der Waals surface area contributed by atoms with E-state index in [0.717, 1.165) is 36.8 Å². The van der Waals surface area contributed by atoms with Crippen molar-refractivity contribution < 1.29 is 10.2 Å². The molecule has 0 saturated heterocycles. The lowest BCUT2D eigenvalue weighted by molar-refractivity contribution is 0.474. The molecule has 2 N–H and O–H groups in total. The molecule has 0 atom stereocenters. The predicted octanol–water partition coefficient (Wildman–Crippen LogP) is 4.67. The van der Waals surface area contributed by atoms with Crippen molar-refractivity contribution >= 4 is 0 Å². The molecule has 2 nitrogen and oxygen atoms in total. The van der Waals surface area contributed by atoms with Crippen molar-refractivity contribution in [1.82, 2.24) is 0 Å². The first-order chi connectivity index (χ1) is 11.7. The molecule has 122 valence electrons. The van der Waals surface area contributed by atoms with E-state index in [1.54, 1.807) is 12.1 Å². The van der Waals surface area contributed by atoms with Gasteiger partial charge in [0.15, 0.2) is 0 Å². The molecule has 2 heteroatoms. The minimum Gasteiger partial charge on any atom is -0.508 e. The minimum absolute atomic E-state index is 0.329. The summed E-state index contributed by atoms with van der Waals surface area (Å²) < 4.78 is 0. The summed E-state index contributed by atoms with van der Waals surface area (Å²) in [5.41, 5.74) is 4.92. The number of phenolic OH excluding ortho intramolecular Hbond substituents is 2. The highest BCUT2D eigenvalue weighted by Gasteiger charge is 2.00. The highest BCUT2D eigenvalue weighted by atomic mass is 16.3. The molecule has 24 heavy (non-hydrogen) atoms. The number of aromatic hydroxyl groups is 2. The lowest BCUT2D eigenvalue weighted by Gasteiger charge is -2.06. The van der Waals surface area contributed by atoms with E-state index < -0.39 is 0 Å². The van der Waals surface area contributed by atoms with Crippen LogP contribution in [0.1, 0.15) is 22.3 Å². The van der Waals surface area contributed by atoms with Crippen LogP contribution in [0.2, 0.25) is 0 Å². The molecule has 0 radical (unpaired) electrons. The maximum atomic E-state index is 9.50. The van der Waals surface area contributed by atoms with E-state index >= 15 is 0 Å². The Morgan fingerprint density at radius 2 is 0.833 bits per heavy atom. The number of benzene rings is 3. The van der Waals surface area contributed by atoms with Gasteiger partial charge < -0.3 is 10.2 Å². The van der Waals surface area contributed by atoms with Crippen LogP contribution in [0.5, 0.6) is 11.5 Å². The van der Waals surface area contributed by atoms with E-state index in [9.17, 15) is 10.2 Å². The van der Waals surface area contributed by atoms with Crippen LogP contribution in [0.3, 0.4) is 0 Å². The van der Waals surface area contributed by atoms with Gasteiger partial charge in [0, 0.05) is 0 Å². The molecular weight excluding hydrogens is 296 g/mol. The van der Waals surface area contributed by atoms with Crippen LogP contribution in [0.25, 0.3) is 0 Å². The van der Waals surface area contributed by atoms with Crippen LogP contribution in [0, 0.1) is 0 Å². The van der Waals surface area contributed by atoms with Gasteiger partial charge >= 0.3 is 0 Å². The molecule has 0 aliphatic carbocycles. The molecule has 3 rings (SSSR count). The summed E-state index contributed by atoms with van der Waals surface area (Å²) in [6.45, 7) is 0. The summed E-state index contributed by atoms with van der Waals surface area (Å²) in [7, 11) is 0. The first-order valence-electron chi connectivity index (χ1n) is 8.33. The van der Waals surface area contributed by atoms with Crippen LogP contribution < -0.4 is 0 Å². The molecule has 0 unspecified atom stereocenters. The highest BCUT2D eigenvalue weighted by Crippen LogP contribution is 2.16. The smallest absolute Gasteiger partial charge is 0.115 e. The highest BCUT2D eigenvalue weighted by molar-refractivity contribution is 5.30. The first kappa shape index (κ1) is 16.1. The Balaban J connectivity index is 1.53. The Bertz CT molecular complexity index is 723. The number of hydrogen-bond donors (Lipinski definition) is 2. The van der Waals surface area contributed by atoms with Crippen LogP contribution in [0.15, 0.2) is 72.8 Å². The summed E-state index contributed by atoms with van der Waals surface area (Å²) in [6.07, 6.45) is 3.79. The standard InChI is InChI=1S/C22H22O2/c23-21-5-1-3-19(15-21)13-11-17-7-9-18(10-8-17)12-14-20-4-2-6-22(24)16-20/h1-10,15-16,23-24H,11-14H2. The number of rotatable bonds is 6. The normalized spacial score (nSPS) is 10.7. The molecule has 0 heterocycles. The first-order valence-corrected chi connectivity index (χ1v) is 8.33. The molecule has 0 aliphatic rings. The van der Waals surface area contributed by atoms with Gasteiger partial charge in [0.05, 0.1) is 0 Å². The number of phenols is 2. The fraction of sp³-hybridized carbons (Fsp3) is 0.182. The zero-order chi connectivity index (χ0) is 16.8. The third-order valence-electron chi connectivity index (χ3n) is 4.25. The second kappa shape index (κ2) is 7.69. The molecule has 3 aromatic rings. The molecular formula is C22H22O2. The summed E-state index contributed by atoms with van der Waals surface area (Å²) in [4.78, 5) is 0. The SMILES string of the molecule is Oc1cccc(CCc2ccc(CCc3cccc(O)c3)cc2)c1. The molecule has 0 fully saturated rings. The van der Waals surface area contributed by atoms with Crippen LogP contribution >= 0.6 is 0 Å². The van der Waals surface area contributed by atoms with Crippen molar-refractivity contribution in [3.05, 3.63) is 95.1 Å². The van der Waals surface area contributed by atoms with Crippen LogP contribution in [0.4, 0.5) is 0 Å². The van der Waals surface area contributed by atoms with Gasteiger partial charge in [0.1, 0.15) is 11.5 Å². The summed E-state index contributed by atoms with van der Waals surface area (Å²) >= 11 is 0. The van der Waals surface area contributed by atoms with Gasteiger partial charge in [-0.05, 0) is 72.2 Å². The third kappa shape index (κ3) is 4.63. The van der Waals surface area contributed by atoms with Gasteiger partial charge in [-0.3, -0.25) is 0 Å². The molecule has 3 aromatic carbocycles. The van der Waals surface area contributed by atoms with Crippen molar-refractivity contribution in [3.8, 4) is 11.5 Å². The van der Waals surface area contributed by atoms with Gasteiger partial charge in [0.2, 0.25) is 0 Å². The summed E-state index contributed by atoms with van der Waals surface area (Å²) in [6, 6.07) is 23.6. The van der Waals surface area contributed by atoms with Gasteiger partial charge in [-0.2, -0.15) is 0 Å². The lowest BCUT2D eigenvalue weighted by Crippen LogP contribution is -1.94. The lowest BCUT2D eigenvalue weighted by atomic mass is 10.0. The summed E-state index contributed by atoms with van der Waals surface area (Å²) in [5.74, 6) is 0.657. The number of hydrogen-bond acceptors (Lipinski definition) is 2. The average molecular weight is 318 g/mol. The molecule has 0 saturated carbocycles.